The summed E-state index contributed by atoms with van der Waals surface area (Å²) in [7, 11) is -11.1. The molecule has 1 aliphatic rings. The minimum Gasteiger partial charge on any atom is -0.352 e. The molecule has 0 N–H and O–H groups in total. The van der Waals surface area contributed by atoms with E-state index in [-0.39, 0.29) is 0 Å². The summed E-state index contributed by atoms with van der Waals surface area (Å²) in [6, 6.07) is 0. The van der Waals surface area contributed by atoms with Gasteiger partial charge in [-0.25, -0.2) is 0 Å². The van der Waals surface area contributed by atoms with Crippen molar-refractivity contribution in [3.8, 4) is 0 Å². The zero-order valence-corrected chi connectivity index (χ0v) is 22.7. The van der Waals surface area contributed by atoms with E-state index in [4.69, 9.17) is 38.9 Å². The molecule has 1 heterocycles. The van der Waals surface area contributed by atoms with Crippen LogP contribution in [0.25, 0.3) is 0 Å². The maximum absolute atomic E-state index is 6.30. The third kappa shape index (κ3) is 9.04. The first kappa shape index (κ1) is 28.3. The quantitative estimate of drug-likeness (QED) is 0.268. The molecule has 9 nitrogen and oxygen atoms in total. The van der Waals surface area contributed by atoms with Crippen LogP contribution in [0.1, 0.15) is 80.1 Å². The largest absolute Gasteiger partial charge is 0.668 e. The fourth-order valence-electron chi connectivity index (χ4n) is 2.36. The van der Waals surface area contributed by atoms with Gasteiger partial charge in [-0.3, -0.25) is 0 Å². The molecular weight excluding hydrogens is 444 g/mol. The Hall–Kier alpha value is 0.291. The van der Waals surface area contributed by atoms with Crippen LogP contribution < -0.4 is 0 Å². The Balaban J connectivity index is 3.38. The summed E-state index contributed by atoms with van der Waals surface area (Å²) in [5.41, 5.74) is 0. The minimum absolute atomic E-state index is 0.411. The van der Waals surface area contributed by atoms with E-state index in [0.29, 0.717) is 39.6 Å². The summed E-state index contributed by atoms with van der Waals surface area (Å²) in [4.78, 5) is 0. The van der Waals surface area contributed by atoms with Gasteiger partial charge in [0.15, 0.2) is 0 Å². The van der Waals surface area contributed by atoms with Crippen LogP contribution in [-0.2, 0) is 38.9 Å². The number of hydrogen-bond acceptors (Lipinski definition) is 9. The van der Waals surface area contributed by atoms with E-state index in [9.17, 15) is 0 Å². The Morgan fingerprint density at radius 1 is 0.367 bits per heavy atom. The highest BCUT2D eigenvalue weighted by Gasteiger charge is 2.74. The van der Waals surface area contributed by atoms with Crippen molar-refractivity contribution in [1.29, 1.82) is 0 Å². The molecule has 180 valence electrons. The molecule has 0 spiro atoms. The van der Waals surface area contributed by atoms with Crippen molar-refractivity contribution < 1.29 is 38.9 Å². The van der Waals surface area contributed by atoms with Gasteiger partial charge in [0.25, 0.3) is 0 Å². The Labute approximate surface area is 186 Å². The van der Waals surface area contributed by atoms with Gasteiger partial charge in [-0.1, -0.05) is 41.5 Å². The molecule has 0 aromatic carbocycles. The van der Waals surface area contributed by atoms with E-state index in [1.807, 2.05) is 41.5 Å². The molecule has 1 fully saturated rings. The fraction of sp³-hybridized carbons (Fsp3) is 1.00. The maximum Gasteiger partial charge on any atom is 0.668 e. The van der Waals surface area contributed by atoms with Crippen molar-refractivity contribution in [1.82, 2.24) is 0 Å². The van der Waals surface area contributed by atoms with Crippen molar-refractivity contribution in [2.75, 3.05) is 39.6 Å². The van der Waals surface area contributed by atoms with Gasteiger partial charge in [-0.05, 0) is 38.5 Å². The molecule has 12 heteroatoms. The maximum atomic E-state index is 6.30. The average Bonchev–Trinajstić information content (AvgIpc) is 2.76. The molecule has 0 aliphatic carbocycles. The van der Waals surface area contributed by atoms with Crippen LogP contribution in [0.5, 0.6) is 0 Å². The van der Waals surface area contributed by atoms with Gasteiger partial charge >= 0.3 is 27.1 Å². The molecule has 0 saturated carbocycles. The summed E-state index contributed by atoms with van der Waals surface area (Å²) in [6.07, 6.45) is 4.66. The molecule has 0 atom stereocenters. The van der Waals surface area contributed by atoms with Crippen LogP contribution in [0.3, 0.4) is 0 Å². The predicted molar refractivity (Wildman–Crippen MR) is 118 cm³/mol. The summed E-state index contributed by atoms with van der Waals surface area (Å²) < 4.78 is 55.5. The van der Waals surface area contributed by atoms with Crippen molar-refractivity contribution in [3.05, 3.63) is 0 Å². The zero-order chi connectivity index (χ0) is 22.3. The molecule has 30 heavy (non-hydrogen) atoms. The van der Waals surface area contributed by atoms with Crippen LogP contribution in [0, 0.1) is 0 Å². The number of hydrogen-bond donors (Lipinski definition) is 0. The van der Waals surface area contributed by atoms with E-state index >= 15 is 0 Å². The molecule has 1 rings (SSSR count). The molecule has 1 aliphatic heterocycles. The highest BCUT2D eigenvalue weighted by Crippen LogP contribution is 2.35. The second-order valence-corrected chi connectivity index (χ2v) is 14.1. The Bertz CT molecular complexity index is 347. The first-order valence-electron chi connectivity index (χ1n) is 11.4. The van der Waals surface area contributed by atoms with Crippen LogP contribution in [-0.4, -0.2) is 66.8 Å². The SMILES string of the molecule is CCCO[Si]1(OCCC)O[Si](OCCC)(OCCC)O[Si](OCCC)(OCCC)O1. The van der Waals surface area contributed by atoms with E-state index in [2.05, 4.69) is 0 Å². The van der Waals surface area contributed by atoms with E-state index in [1.165, 1.54) is 0 Å². The minimum atomic E-state index is -3.70. The van der Waals surface area contributed by atoms with Gasteiger partial charge in [0.05, 0.1) is 0 Å². The average molecular weight is 487 g/mol. The van der Waals surface area contributed by atoms with Crippen molar-refractivity contribution in [3.63, 3.8) is 0 Å². The standard InChI is InChI=1S/C18H42O9Si3/c1-7-13-19-28(20-14-8-2)25-29(21-15-9-3,22-16-10-4)27-30(26-28,23-17-11-5)24-18-12-6/h7-18H2,1-6H3. The first-order chi connectivity index (χ1) is 14.5. The van der Waals surface area contributed by atoms with E-state index < -0.39 is 27.1 Å². The second-order valence-electron chi connectivity index (χ2n) is 6.90. The highest BCUT2D eigenvalue weighted by atomic mass is 28.6. The lowest BCUT2D eigenvalue weighted by molar-refractivity contribution is -0.112. The summed E-state index contributed by atoms with van der Waals surface area (Å²) in [5.74, 6) is 0. The van der Waals surface area contributed by atoms with Crippen LogP contribution in [0.2, 0.25) is 0 Å². The lowest BCUT2D eigenvalue weighted by Gasteiger charge is -2.45. The van der Waals surface area contributed by atoms with E-state index in [1.54, 1.807) is 0 Å². The molecular formula is C18H42O9Si3. The first-order valence-corrected chi connectivity index (χ1v) is 16.3. The Morgan fingerprint density at radius 3 is 0.667 bits per heavy atom. The van der Waals surface area contributed by atoms with Crippen LogP contribution in [0.15, 0.2) is 0 Å². The second kappa shape index (κ2) is 15.2. The molecule has 0 radical (unpaired) electrons. The number of rotatable bonds is 18. The topological polar surface area (TPSA) is 83.1 Å². The third-order valence-corrected chi connectivity index (χ3v) is 13.0. The molecule has 0 aromatic heterocycles. The lowest BCUT2D eigenvalue weighted by atomic mass is 10.5. The monoisotopic (exact) mass is 486 g/mol. The molecule has 1 saturated heterocycles. The van der Waals surface area contributed by atoms with Crippen LogP contribution in [0.4, 0.5) is 0 Å². The lowest BCUT2D eigenvalue weighted by Crippen LogP contribution is -2.76. The third-order valence-electron chi connectivity index (χ3n) is 3.65. The Morgan fingerprint density at radius 2 is 0.533 bits per heavy atom. The molecule has 0 amide bonds. The predicted octanol–water partition coefficient (Wildman–Crippen LogP) is 3.92. The van der Waals surface area contributed by atoms with E-state index in [0.717, 1.165) is 38.5 Å². The smallest absolute Gasteiger partial charge is 0.352 e. The van der Waals surface area contributed by atoms with Crippen molar-refractivity contribution in [2.45, 2.75) is 80.1 Å². The van der Waals surface area contributed by atoms with Gasteiger partial charge in [0, 0.05) is 39.6 Å². The zero-order valence-electron chi connectivity index (χ0n) is 19.7. The summed E-state index contributed by atoms with van der Waals surface area (Å²) in [5, 5.41) is 0. The summed E-state index contributed by atoms with van der Waals surface area (Å²) >= 11 is 0. The van der Waals surface area contributed by atoms with Gasteiger partial charge in [-0.2, -0.15) is 0 Å². The van der Waals surface area contributed by atoms with Gasteiger partial charge in [0.1, 0.15) is 0 Å². The van der Waals surface area contributed by atoms with Crippen molar-refractivity contribution in [2.24, 2.45) is 0 Å². The normalized spacial score (nSPS) is 19.8. The molecule has 0 bridgehead atoms. The molecule has 0 aromatic rings. The van der Waals surface area contributed by atoms with Crippen molar-refractivity contribution >= 4 is 27.1 Å². The fourth-order valence-corrected chi connectivity index (χ4v) is 13.5. The van der Waals surface area contributed by atoms with Gasteiger partial charge < -0.3 is 38.9 Å². The van der Waals surface area contributed by atoms with Crippen LogP contribution >= 0.6 is 0 Å². The van der Waals surface area contributed by atoms with Gasteiger partial charge in [0.2, 0.25) is 0 Å². The molecule has 0 unspecified atom stereocenters. The summed E-state index contributed by atoms with van der Waals surface area (Å²) in [6.45, 7) is 14.5. The highest BCUT2D eigenvalue weighted by molar-refractivity contribution is 6.82. The Kier molecular flexibility index (Phi) is 14.3. The van der Waals surface area contributed by atoms with Gasteiger partial charge in [-0.15, -0.1) is 0 Å².